The van der Waals surface area contributed by atoms with Crippen LogP contribution in [0.15, 0.2) is 30.3 Å². The molecular weight excluding hydrogens is 509 g/mol. The molecule has 2 aliphatic heterocycles. The van der Waals surface area contributed by atoms with Gasteiger partial charge >= 0.3 is 6.18 Å². The zero-order valence-electron chi connectivity index (χ0n) is 22.4. The van der Waals surface area contributed by atoms with Gasteiger partial charge in [-0.05, 0) is 38.0 Å². The second-order valence-corrected chi connectivity index (χ2v) is 10.2. The summed E-state index contributed by atoms with van der Waals surface area (Å²) >= 11 is 0. The molecule has 5 rings (SSSR count). The number of alkyl halides is 3. The molecule has 0 unspecified atom stereocenters. The molecule has 0 bridgehead atoms. The highest BCUT2D eigenvalue weighted by Crippen LogP contribution is 2.43. The van der Waals surface area contributed by atoms with Crippen LogP contribution in [-0.4, -0.2) is 86.0 Å². The van der Waals surface area contributed by atoms with Crippen LogP contribution < -0.4 is 10.1 Å². The van der Waals surface area contributed by atoms with Crippen LogP contribution in [0.4, 0.5) is 18.9 Å². The van der Waals surface area contributed by atoms with E-state index in [9.17, 15) is 18.0 Å². The lowest BCUT2D eigenvalue weighted by molar-refractivity contribution is -0.0687. The number of rotatable bonds is 7. The van der Waals surface area contributed by atoms with Crippen LogP contribution in [0.1, 0.15) is 52.6 Å². The second-order valence-electron chi connectivity index (χ2n) is 10.2. The minimum atomic E-state index is -4.43. The molecule has 2 aromatic rings. The maximum Gasteiger partial charge on any atom is 0.416 e. The molecule has 3 aliphatic rings. The van der Waals surface area contributed by atoms with Gasteiger partial charge < -0.3 is 19.7 Å². The number of methoxy groups -OCH3 is 1. The molecule has 1 aromatic carbocycles. The zero-order chi connectivity index (χ0) is 27.6. The van der Waals surface area contributed by atoms with Gasteiger partial charge in [0.2, 0.25) is 0 Å². The highest BCUT2D eigenvalue weighted by Gasteiger charge is 2.40. The van der Waals surface area contributed by atoms with E-state index in [-0.39, 0.29) is 17.9 Å². The van der Waals surface area contributed by atoms with Crippen molar-refractivity contribution >= 4 is 17.2 Å². The summed E-state index contributed by atoms with van der Waals surface area (Å²) < 4.78 is 51.8. The maximum absolute atomic E-state index is 13.6. The Balaban J connectivity index is 1.30. The van der Waals surface area contributed by atoms with E-state index >= 15 is 0 Å². The minimum absolute atomic E-state index is 0.0175. The van der Waals surface area contributed by atoms with Gasteiger partial charge in [0.1, 0.15) is 5.75 Å². The van der Waals surface area contributed by atoms with Crippen molar-refractivity contribution in [3.05, 3.63) is 58.4 Å². The summed E-state index contributed by atoms with van der Waals surface area (Å²) in [4.78, 5) is 22.2. The number of morpholine rings is 1. The summed E-state index contributed by atoms with van der Waals surface area (Å²) in [6.07, 6.45) is -0.818. The lowest BCUT2D eigenvalue weighted by Crippen LogP contribution is -2.50. The van der Waals surface area contributed by atoms with E-state index in [0.717, 1.165) is 44.7 Å². The number of ether oxygens (including phenoxy) is 2. The number of piperidine rings is 1. The van der Waals surface area contributed by atoms with E-state index in [1.165, 1.54) is 6.08 Å². The first-order chi connectivity index (χ1) is 18.8. The smallest absolute Gasteiger partial charge is 0.416 e. The molecule has 7 nitrogen and oxygen atoms in total. The van der Waals surface area contributed by atoms with Crippen molar-refractivity contribution in [2.24, 2.45) is 0 Å². The molecule has 1 N–H and O–H groups in total. The Hall–Kier alpha value is -3.11. The van der Waals surface area contributed by atoms with Crippen LogP contribution in [0.25, 0.3) is 5.57 Å². The molecule has 0 radical (unpaired) electrons. The molecule has 1 amide bonds. The number of nitrogens with one attached hydrogen (secondary N) is 1. The number of hydrogen-bond donors (Lipinski definition) is 1. The molecule has 3 heterocycles. The number of carbonyl (C=O) groups is 1. The van der Waals surface area contributed by atoms with Gasteiger partial charge in [-0.15, -0.1) is 0 Å². The number of allylic oxidation sites excluding steroid dienone is 2. The van der Waals surface area contributed by atoms with Crippen LogP contribution in [0, 0.1) is 0 Å². The number of halogens is 3. The summed E-state index contributed by atoms with van der Waals surface area (Å²) in [5.41, 5.74) is 2.38. The number of likely N-dealkylation sites (tertiary alicyclic amines) is 1. The number of amides is 1. The van der Waals surface area contributed by atoms with Gasteiger partial charge in [0, 0.05) is 79.7 Å². The highest BCUT2D eigenvalue weighted by molar-refractivity contribution is 5.95. The Morgan fingerprint density at radius 1 is 1.15 bits per heavy atom. The predicted octanol–water partition coefficient (Wildman–Crippen LogP) is 4.55. The average molecular weight is 545 g/mol. The molecule has 2 saturated heterocycles. The quantitative estimate of drug-likeness (QED) is 0.552. The molecule has 1 aromatic heterocycles. The maximum atomic E-state index is 13.6. The minimum Gasteiger partial charge on any atom is -0.496 e. The van der Waals surface area contributed by atoms with Gasteiger partial charge in [0.25, 0.3) is 5.91 Å². The molecule has 2 fully saturated rings. The first-order valence-corrected chi connectivity index (χ1v) is 13.6. The summed E-state index contributed by atoms with van der Waals surface area (Å²) in [5.74, 6) is 0.543. The van der Waals surface area contributed by atoms with Gasteiger partial charge in [-0.1, -0.05) is 12.1 Å². The number of hydrogen-bond acceptors (Lipinski definition) is 6. The van der Waals surface area contributed by atoms with Gasteiger partial charge in [0.05, 0.1) is 31.6 Å². The molecular formula is C29H35F3N4O3. The van der Waals surface area contributed by atoms with Crippen LogP contribution in [0.3, 0.4) is 0 Å². The van der Waals surface area contributed by atoms with Crippen molar-refractivity contribution < 1.29 is 27.4 Å². The van der Waals surface area contributed by atoms with E-state index in [1.54, 1.807) is 25.3 Å². The van der Waals surface area contributed by atoms with E-state index in [1.807, 2.05) is 17.9 Å². The average Bonchev–Trinajstić information content (AvgIpc) is 3.39. The van der Waals surface area contributed by atoms with Crippen molar-refractivity contribution in [3.8, 4) is 5.75 Å². The lowest BCUT2D eigenvalue weighted by atomic mass is 10.00. The SMILES string of the molecule is CCNc1cc(Cc2ccc(C(=O)N3CCC(N4CCOCC4)CC3)cc2OC)nc2c1C(C(F)(F)F)=CC2. The molecule has 210 valence electrons. The van der Waals surface area contributed by atoms with Crippen molar-refractivity contribution in [2.75, 3.05) is 58.4 Å². The van der Waals surface area contributed by atoms with Crippen LogP contribution in [0.5, 0.6) is 5.75 Å². The van der Waals surface area contributed by atoms with Crippen molar-refractivity contribution in [1.29, 1.82) is 0 Å². The number of nitrogens with zero attached hydrogens (tertiary/aromatic N) is 3. The highest BCUT2D eigenvalue weighted by atomic mass is 19.4. The summed E-state index contributed by atoms with van der Waals surface area (Å²) in [6.45, 7) is 7.21. The van der Waals surface area contributed by atoms with Crippen LogP contribution >= 0.6 is 0 Å². The Kier molecular flexibility index (Phi) is 8.13. The first kappa shape index (κ1) is 27.5. The number of carbonyl (C=O) groups excluding carboxylic acids is 1. The standard InChI is InChI=1S/C29H35F3N4O3/c1-3-33-25-18-21(34-24-7-6-23(27(24)25)29(30,31)32)16-19-4-5-20(17-26(19)38-2)28(37)36-10-8-22(9-11-36)35-12-14-39-15-13-35/h4-6,17-18,22H,3,7-16H2,1-2H3,(H,33,34). The normalized spacial score (nSPS) is 18.6. The topological polar surface area (TPSA) is 66.9 Å². The molecule has 0 spiro atoms. The van der Waals surface area contributed by atoms with Gasteiger partial charge in [-0.3, -0.25) is 14.7 Å². The van der Waals surface area contributed by atoms with Crippen molar-refractivity contribution in [2.45, 2.75) is 44.8 Å². The van der Waals surface area contributed by atoms with Crippen molar-refractivity contribution in [3.63, 3.8) is 0 Å². The molecule has 1 aliphatic carbocycles. The molecule has 0 atom stereocenters. The third-order valence-corrected chi connectivity index (χ3v) is 7.81. The van der Waals surface area contributed by atoms with E-state index < -0.39 is 11.7 Å². The zero-order valence-corrected chi connectivity index (χ0v) is 22.4. The first-order valence-electron chi connectivity index (χ1n) is 13.6. The number of benzene rings is 1. The predicted molar refractivity (Wildman–Crippen MR) is 143 cm³/mol. The van der Waals surface area contributed by atoms with E-state index in [4.69, 9.17) is 9.47 Å². The fraction of sp³-hybridized carbons (Fsp3) is 0.517. The number of fused-ring (bicyclic) bond motifs is 1. The largest absolute Gasteiger partial charge is 0.496 e. The lowest BCUT2D eigenvalue weighted by Gasteiger charge is -2.40. The fourth-order valence-electron chi connectivity index (χ4n) is 5.86. The Labute approximate surface area is 227 Å². The summed E-state index contributed by atoms with van der Waals surface area (Å²) in [6, 6.07) is 7.59. The van der Waals surface area contributed by atoms with E-state index in [2.05, 4.69) is 15.2 Å². The Morgan fingerprint density at radius 2 is 1.90 bits per heavy atom. The van der Waals surface area contributed by atoms with Gasteiger partial charge in [-0.2, -0.15) is 13.2 Å². The van der Waals surface area contributed by atoms with Crippen LogP contribution in [-0.2, 0) is 17.6 Å². The van der Waals surface area contributed by atoms with Gasteiger partial charge in [-0.25, -0.2) is 0 Å². The third-order valence-electron chi connectivity index (χ3n) is 7.81. The number of anilines is 1. The third kappa shape index (κ3) is 5.91. The Bertz CT molecular complexity index is 1230. The van der Waals surface area contributed by atoms with E-state index in [0.29, 0.717) is 60.5 Å². The molecule has 39 heavy (non-hydrogen) atoms. The monoisotopic (exact) mass is 544 g/mol. The van der Waals surface area contributed by atoms with Crippen molar-refractivity contribution in [1.82, 2.24) is 14.8 Å². The van der Waals surface area contributed by atoms with Crippen LogP contribution in [0.2, 0.25) is 0 Å². The summed E-state index contributed by atoms with van der Waals surface area (Å²) in [7, 11) is 1.56. The Morgan fingerprint density at radius 3 is 2.56 bits per heavy atom. The molecule has 0 saturated carbocycles. The summed E-state index contributed by atoms with van der Waals surface area (Å²) in [5, 5.41) is 3.08. The molecule has 10 heteroatoms. The van der Waals surface area contributed by atoms with Gasteiger partial charge in [0.15, 0.2) is 0 Å². The second kappa shape index (κ2) is 11.6. The number of aromatic nitrogens is 1. The fourth-order valence-corrected chi connectivity index (χ4v) is 5.86. The number of pyridine rings is 1.